The molecule has 1 aromatic heterocycles. The van der Waals surface area contributed by atoms with Crippen molar-refractivity contribution in [1.29, 1.82) is 0 Å². The van der Waals surface area contributed by atoms with Gasteiger partial charge in [-0.05, 0) is 12.8 Å². The molecule has 0 fully saturated rings. The van der Waals surface area contributed by atoms with Crippen LogP contribution in [0.2, 0.25) is 0 Å². The molecule has 0 spiro atoms. The van der Waals surface area contributed by atoms with Crippen LogP contribution in [-0.4, -0.2) is 21.6 Å². The number of imidazole rings is 1. The summed E-state index contributed by atoms with van der Waals surface area (Å²) in [7, 11) is 0. The van der Waals surface area contributed by atoms with Crippen LogP contribution < -0.4 is 0 Å². The Labute approximate surface area is 96.6 Å². The molecule has 0 N–H and O–H groups in total. The third-order valence-corrected chi connectivity index (χ3v) is 2.20. The first-order valence-electron chi connectivity index (χ1n) is 5.66. The molecular weight excluding hydrogens is 204 g/mol. The number of esters is 1. The summed E-state index contributed by atoms with van der Waals surface area (Å²) in [4.78, 5) is 15.1. The fraction of sp³-hybridized carbons (Fsp3) is 0.667. The zero-order chi connectivity index (χ0) is 12.1. The lowest BCUT2D eigenvalue weighted by Gasteiger charge is -2.14. The van der Waals surface area contributed by atoms with E-state index in [-0.39, 0.29) is 12.1 Å². The van der Waals surface area contributed by atoms with Gasteiger partial charge in [0.1, 0.15) is 11.9 Å². The molecule has 0 aliphatic rings. The third kappa shape index (κ3) is 4.04. The summed E-state index contributed by atoms with van der Waals surface area (Å²) < 4.78 is 7.21. The first-order valence-corrected chi connectivity index (χ1v) is 5.66. The van der Waals surface area contributed by atoms with Gasteiger partial charge >= 0.3 is 5.97 Å². The highest BCUT2D eigenvalue weighted by atomic mass is 16.5. The normalized spacial score (nSPS) is 12.8. The summed E-state index contributed by atoms with van der Waals surface area (Å²) in [6, 6.07) is 0. The molecule has 0 bridgehead atoms. The highest BCUT2D eigenvalue weighted by Gasteiger charge is 2.11. The number of rotatable bonds is 5. The topological polar surface area (TPSA) is 44.1 Å². The lowest BCUT2D eigenvalue weighted by atomic mass is 10.2. The van der Waals surface area contributed by atoms with Crippen LogP contribution in [0.3, 0.4) is 0 Å². The van der Waals surface area contributed by atoms with Gasteiger partial charge in [-0.15, -0.1) is 0 Å². The average molecular weight is 224 g/mol. The van der Waals surface area contributed by atoms with E-state index in [1.54, 1.807) is 6.20 Å². The fourth-order valence-electron chi connectivity index (χ4n) is 1.67. The van der Waals surface area contributed by atoms with E-state index in [9.17, 15) is 4.79 Å². The van der Waals surface area contributed by atoms with Gasteiger partial charge in [0.05, 0.1) is 0 Å². The predicted molar refractivity (Wildman–Crippen MR) is 62.0 cm³/mol. The Morgan fingerprint density at radius 1 is 1.50 bits per heavy atom. The Morgan fingerprint density at radius 2 is 2.19 bits per heavy atom. The fourth-order valence-corrected chi connectivity index (χ4v) is 1.67. The average Bonchev–Trinajstić information content (AvgIpc) is 2.50. The van der Waals surface area contributed by atoms with Crippen LogP contribution in [0.4, 0.5) is 0 Å². The van der Waals surface area contributed by atoms with Crippen LogP contribution in [0, 0.1) is 5.92 Å². The first kappa shape index (κ1) is 12.7. The smallest absolute Gasteiger partial charge is 0.302 e. The van der Waals surface area contributed by atoms with Gasteiger partial charge in [0.15, 0.2) is 0 Å². The van der Waals surface area contributed by atoms with Crippen LogP contribution in [0.1, 0.15) is 33.5 Å². The lowest BCUT2D eigenvalue weighted by molar-refractivity contribution is -0.145. The van der Waals surface area contributed by atoms with E-state index in [1.165, 1.54) is 6.92 Å². The molecule has 1 rings (SSSR count). The zero-order valence-electron chi connectivity index (χ0n) is 10.4. The van der Waals surface area contributed by atoms with Crippen molar-refractivity contribution in [1.82, 2.24) is 9.55 Å². The summed E-state index contributed by atoms with van der Waals surface area (Å²) in [5, 5.41) is 0. The maximum Gasteiger partial charge on any atom is 0.302 e. The Hall–Kier alpha value is -1.32. The number of hydrogen-bond acceptors (Lipinski definition) is 3. The highest BCUT2D eigenvalue weighted by Crippen LogP contribution is 2.07. The monoisotopic (exact) mass is 224 g/mol. The molecule has 0 radical (unpaired) electrons. The van der Waals surface area contributed by atoms with Gasteiger partial charge in [-0.2, -0.15) is 0 Å². The molecule has 0 aromatic carbocycles. The molecule has 1 aromatic rings. The van der Waals surface area contributed by atoms with Crippen molar-refractivity contribution in [3.8, 4) is 0 Å². The number of carbonyl (C=O) groups is 1. The molecule has 4 nitrogen and oxygen atoms in total. The van der Waals surface area contributed by atoms with Crippen molar-refractivity contribution < 1.29 is 9.53 Å². The molecule has 1 atom stereocenters. The van der Waals surface area contributed by atoms with Crippen LogP contribution >= 0.6 is 0 Å². The van der Waals surface area contributed by atoms with Gasteiger partial charge in [-0.1, -0.05) is 13.8 Å². The minimum Gasteiger partial charge on any atom is -0.462 e. The number of aromatic nitrogens is 2. The van der Waals surface area contributed by atoms with Crippen molar-refractivity contribution in [2.75, 3.05) is 0 Å². The summed E-state index contributed by atoms with van der Waals surface area (Å²) >= 11 is 0. The second-order valence-electron chi connectivity index (χ2n) is 4.51. The highest BCUT2D eigenvalue weighted by molar-refractivity contribution is 5.66. The molecule has 0 saturated heterocycles. The molecule has 4 heteroatoms. The largest absolute Gasteiger partial charge is 0.462 e. The Kier molecular flexibility index (Phi) is 4.52. The van der Waals surface area contributed by atoms with Gasteiger partial charge in [0.25, 0.3) is 0 Å². The predicted octanol–water partition coefficient (Wildman–Crippen LogP) is 2.03. The van der Waals surface area contributed by atoms with E-state index in [0.717, 1.165) is 12.4 Å². The van der Waals surface area contributed by atoms with Crippen LogP contribution in [0.25, 0.3) is 0 Å². The number of hydrogen-bond donors (Lipinski definition) is 0. The summed E-state index contributed by atoms with van der Waals surface area (Å²) in [6.07, 6.45) is 4.30. The zero-order valence-corrected chi connectivity index (χ0v) is 10.4. The molecule has 0 aliphatic carbocycles. The number of nitrogens with zero attached hydrogens (tertiary/aromatic N) is 2. The third-order valence-electron chi connectivity index (χ3n) is 2.20. The Bertz CT molecular complexity index is 345. The summed E-state index contributed by atoms with van der Waals surface area (Å²) in [5.74, 6) is 1.31. The van der Waals surface area contributed by atoms with E-state index in [2.05, 4.69) is 23.4 Å². The van der Waals surface area contributed by atoms with Gasteiger partial charge in [0.2, 0.25) is 0 Å². The SMILES string of the molecule is CC(=O)OC(C)Cc1nccn1CC(C)C. The lowest BCUT2D eigenvalue weighted by Crippen LogP contribution is -2.18. The molecule has 0 saturated carbocycles. The van der Waals surface area contributed by atoms with E-state index in [4.69, 9.17) is 4.74 Å². The van der Waals surface area contributed by atoms with Crippen LogP contribution in [0.5, 0.6) is 0 Å². The van der Waals surface area contributed by atoms with Crippen molar-refractivity contribution in [2.24, 2.45) is 5.92 Å². The van der Waals surface area contributed by atoms with Crippen molar-refractivity contribution in [3.05, 3.63) is 18.2 Å². The summed E-state index contributed by atoms with van der Waals surface area (Å²) in [5.41, 5.74) is 0. The first-order chi connectivity index (χ1) is 7.49. The second-order valence-corrected chi connectivity index (χ2v) is 4.51. The van der Waals surface area contributed by atoms with Crippen LogP contribution in [0.15, 0.2) is 12.4 Å². The van der Waals surface area contributed by atoms with E-state index < -0.39 is 0 Å². The van der Waals surface area contributed by atoms with Gasteiger partial charge in [0, 0.05) is 32.3 Å². The molecule has 16 heavy (non-hydrogen) atoms. The van der Waals surface area contributed by atoms with Crippen molar-refractivity contribution in [2.45, 2.75) is 46.8 Å². The van der Waals surface area contributed by atoms with Gasteiger partial charge < -0.3 is 9.30 Å². The van der Waals surface area contributed by atoms with Crippen molar-refractivity contribution >= 4 is 5.97 Å². The molecule has 1 heterocycles. The molecule has 0 amide bonds. The van der Waals surface area contributed by atoms with E-state index in [1.807, 2.05) is 13.1 Å². The Balaban J connectivity index is 2.59. The number of ether oxygens (including phenoxy) is 1. The molecule has 1 unspecified atom stereocenters. The Morgan fingerprint density at radius 3 is 2.75 bits per heavy atom. The minimum absolute atomic E-state index is 0.120. The second kappa shape index (κ2) is 5.68. The van der Waals surface area contributed by atoms with E-state index >= 15 is 0 Å². The molecule has 90 valence electrons. The van der Waals surface area contributed by atoms with Crippen molar-refractivity contribution in [3.63, 3.8) is 0 Å². The quantitative estimate of drug-likeness (QED) is 0.719. The minimum atomic E-state index is -0.241. The standard InChI is InChI=1S/C12H20N2O2/c1-9(2)8-14-6-5-13-12(14)7-10(3)16-11(4)15/h5-6,9-10H,7-8H2,1-4H3. The number of carbonyl (C=O) groups excluding carboxylic acids is 1. The van der Waals surface area contributed by atoms with E-state index in [0.29, 0.717) is 12.3 Å². The summed E-state index contributed by atoms with van der Waals surface area (Å²) in [6.45, 7) is 8.59. The van der Waals surface area contributed by atoms with Gasteiger partial charge in [-0.25, -0.2) is 4.98 Å². The maximum absolute atomic E-state index is 10.8. The molecular formula is C12H20N2O2. The maximum atomic E-state index is 10.8. The van der Waals surface area contributed by atoms with Gasteiger partial charge in [-0.3, -0.25) is 4.79 Å². The van der Waals surface area contributed by atoms with Crippen LogP contribution in [-0.2, 0) is 22.5 Å². The molecule has 0 aliphatic heterocycles.